The Hall–Kier alpha value is -1.61. The molecule has 126 valence electrons. The van der Waals surface area contributed by atoms with E-state index >= 15 is 0 Å². The molecule has 0 amide bonds. The van der Waals surface area contributed by atoms with Gasteiger partial charge in [-0.3, -0.25) is 4.68 Å². The number of thiazole rings is 1. The smallest absolute Gasteiger partial charge is 0.388 e. The number of aryl methyl sites for hydroxylation is 1. The van der Waals surface area contributed by atoms with E-state index in [0.29, 0.717) is 29.4 Å². The van der Waals surface area contributed by atoms with Gasteiger partial charge in [-0.1, -0.05) is 11.3 Å². The van der Waals surface area contributed by atoms with Gasteiger partial charge < -0.3 is 10.0 Å². The van der Waals surface area contributed by atoms with Crippen molar-refractivity contribution >= 4 is 16.5 Å². The van der Waals surface area contributed by atoms with Gasteiger partial charge in [0.1, 0.15) is 4.88 Å². The minimum Gasteiger partial charge on any atom is -0.388 e. The Labute approximate surface area is 135 Å². The van der Waals surface area contributed by atoms with Crippen LogP contribution in [0.25, 0.3) is 0 Å². The van der Waals surface area contributed by atoms with Crippen molar-refractivity contribution in [1.29, 1.82) is 0 Å². The van der Waals surface area contributed by atoms with Gasteiger partial charge in [-0.05, 0) is 19.3 Å². The van der Waals surface area contributed by atoms with Gasteiger partial charge >= 0.3 is 6.18 Å². The van der Waals surface area contributed by atoms with Gasteiger partial charge in [0.25, 0.3) is 0 Å². The summed E-state index contributed by atoms with van der Waals surface area (Å²) in [5.74, 6) is 0. The minimum atomic E-state index is -4.36. The Balaban J connectivity index is 1.71. The summed E-state index contributed by atoms with van der Waals surface area (Å²) in [5, 5.41) is 14.7. The summed E-state index contributed by atoms with van der Waals surface area (Å²) in [6, 6.07) is -0.0163. The second kappa shape index (κ2) is 6.12. The highest BCUT2D eigenvalue weighted by molar-refractivity contribution is 7.15. The second-order valence-corrected chi connectivity index (χ2v) is 6.70. The van der Waals surface area contributed by atoms with E-state index in [-0.39, 0.29) is 6.04 Å². The molecule has 5 nitrogen and oxygen atoms in total. The van der Waals surface area contributed by atoms with E-state index in [1.54, 1.807) is 24.1 Å². The molecular formula is C14H17F3N4OS. The molecule has 0 bridgehead atoms. The molecule has 0 aromatic carbocycles. The lowest BCUT2D eigenvalue weighted by atomic mass is 10.0. The molecule has 3 heterocycles. The summed E-state index contributed by atoms with van der Waals surface area (Å²) >= 11 is 0.660. The molecule has 1 aliphatic heterocycles. The topological polar surface area (TPSA) is 54.2 Å². The zero-order valence-corrected chi connectivity index (χ0v) is 13.3. The average molecular weight is 346 g/mol. The highest BCUT2D eigenvalue weighted by atomic mass is 32.1. The summed E-state index contributed by atoms with van der Waals surface area (Å²) in [4.78, 5) is 5.11. The number of aromatic nitrogens is 3. The first-order valence-electron chi connectivity index (χ1n) is 7.31. The zero-order valence-electron chi connectivity index (χ0n) is 12.5. The van der Waals surface area contributed by atoms with Crippen LogP contribution in [0, 0.1) is 0 Å². The molecule has 3 rings (SSSR count). The average Bonchev–Trinajstić information content (AvgIpc) is 3.15. The number of halogens is 3. The molecule has 0 unspecified atom stereocenters. The summed E-state index contributed by atoms with van der Waals surface area (Å²) in [7, 11) is 1.77. The highest BCUT2D eigenvalue weighted by Gasteiger charge is 2.36. The molecule has 1 saturated heterocycles. The number of nitrogens with zero attached hydrogens (tertiary/aromatic N) is 4. The predicted molar refractivity (Wildman–Crippen MR) is 80.3 cm³/mol. The first-order valence-corrected chi connectivity index (χ1v) is 8.12. The van der Waals surface area contributed by atoms with Crippen molar-refractivity contribution in [3.05, 3.63) is 29.0 Å². The van der Waals surface area contributed by atoms with E-state index in [1.807, 2.05) is 4.90 Å². The first-order chi connectivity index (χ1) is 10.8. The van der Waals surface area contributed by atoms with Gasteiger partial charge in [0.2, 0.25) is 0 Å². The van der Waals surface area contributed by atoms with Crippen molar-refractivity contribution in [2.24, 2.45) is 7.05 Å². The van der Waals surface area contributed by atoms with Crippen LogP contribution in [0.2, 0.25) is 0 Å². The third-order valence-electron chi connectivity index (χ3n) is 4.00. The van der Waals surface area contributed by atoms with Crippen LogP contribution in [0.3, 0.4) is 0 Å². The molecule has 9 heteroatoms. The Morgan fingerprint density at radius 3 is 2.83 bits per heavy atom. The van der Waals surface area contributed by atoms with E-state index in [0.717, 1.165) is 24.6 Å². The maximum Gasteiger partial charge on any atom is 0.427 e. The molecule has 1 aliphatic rings. The Morgan fingerprint density at radius 2 is 2.22 bits per heavy atom. The van der Waals surface area contributed by atoms with Crippen molar-refractivity contribution in [1.82, 2.24) is 14.8 Å². The molecule has 2 aromatic heterocycles. The largest absolute Gasteiger partial charge is 0.427 e. The fourth-order valence-electron chi connectivity index (χ4n) is 2.87. The van der Waals surface area contributed by atoms with E-state index in [4.69, 9.17) is 0 Å². The number of hydrogen-bond acceptors (Lipinski definition) is 5. The minimum absolute atomic E-state index is 0.0163. The van der Waals surface area contributed by atoms with Gasteiger partial charge in [-0.15, -0.1) is 0 Å². The summed E-state index contributed by atoms with van der Waals surface area (Å²) in [6.45, 7) is 0.662. The second-order valence-electron chi connectivity index (χ2n) is 5.69. The number of aliphatic hydroxyl groups excluding tert-OH is 1. The van der Waals surface area contributed by atoms with E-state index < -0.39 is 17.2 Å². The lowest BCUT2D eigenvalue weighted by Crippen LogP contribution is -2.30. The van der Waals surface area contributed by atoms with Crippen molar-refractivity contribution in [2.75, 3.05) is 11.4 Å². The van der Waals surface area contributed by atoms with Crippen molar-refractivity contribution in [3.63, 3.8) is 0 Å². The number of hydrogen-bond donors (Lipinski definition) is 1. The molecule has 0 radical (unpaired) electrons. The summed E-state index contributed by atoms with van der Waals surface area (Å²) in [6.07, 6.45) is 1.35. The molecule has 2 aromatic rings. The van der Waals surface area contributed by atoms with Crippen LogP contribution in [0.5, 0.6) is 0 Å². The molecule has 23 heavy (non-hydrogen) atoms. The molecule has 1 fully saturated rings. The van der Waals surface area contributed by atoms with Crippen LogP contribution in [-0.4, -0.2) is 32.5 Å². The maximum atomic E-state index is 12.7. The van der Waals surface area contributed by atoms with Crippen LogP contribution >= 0.6 is 11.3 Å². The number of rotatable bonds is 4. The van der Waals surface area contributed by atoms with Gasteiger partial charge in [-0.2, -0.15) is 18.3 Å². The van der Waals surface area contributed by atoms with Crippen LogP contribution in [-0.2, 0) is 13.2 Å². The Morgan fingerprint density at radius 1 is 1.43 bits per heavy atom. The van der Waals surface area contributed by atoms with Crippen LogP contribution in [0.4, 0.5) is 18.3 Å². The molecule has 0 saturated carbocycles. The van der Waals surface area contributed by atoms with Gasteiger partial charge in [-0.25, -0.2) is 4.98 Å². The first kappa shape index (κ1) is 16.3. The third kappa shape index (κ3) is 3.50. The lowest BCUT2D eigenvalue weighted by Gasteiger charge is -2.25. The van der Waals surface area contributed by atoms with Crippen molar-refractivity contribution < 1.29 is 18.3 Å². The Kier molecular flexibility index (Phi) is 4.33. The number of alkyl halides is 3. The monoisotopic (exact) mass is 346 g/mol. The Bertz CT molecular complexity index is 669. The molecule has 1 N–H and O–H groups in total. The SMILES string of the molecule is Cn1cc([C@@H](O)C[C@H]2CCCN2c2ncc(C(F)(F)F)s2)cn1. The quantitative estimate of drug-likeness (QED) is 0.925. The fraction of sp³-hybridized carbons (Fsp3) is 0.571. The van der Waals surface area contributed by atoms with E-state index in [2.05, 4.69) is 10.1 Å². The predicted octanol–water partition coefficient (Wildman–Crippen LogP) is 2.99. The third-order valence-corrected chi connectivity index (χ3v) is 5.08. The normalized spacial score (nSPS) is 20.2. The van der Waals surface area contributed by atoms with Crippen molar-refractivity contribution in [3.8, 4) is 0 Å². The van der Waals surface area contributed by atoms with Gasteiger partial charge in [0, 0.05) is 31.4 Å². The highest BCUT2D eigenvalue weighted by Crippen LogP contribution is 2.39. The lowest BCUT2D eigenvalue weighted by molar-refractivity contribution is -0.134. The summed E-state index contributed by atoms with van der Waals surface area (Å²) < 4.78 is 39.8. The number of aliphatic hydroxyl groups is 1. The fourth-order valence-corrected chi connectivity index (χ4v) is 3.75. The molecule has 0 spiro atoms. The van der Waals surface area contributed by atoms with E-state index in [9.17, 15) is 18.3 Å². The van der Waals surface area contributed by atoms with Crippen LogP contribution in [0.1, 0.15) is 35.8 Å². The van der Waals surface area contributed by atoms with Gasteiger partial charge in [0.15, 0.2) is 5.13 Å². The molecule has 2 atom stereocenters. The van der Waals surface area contributed by atoms with Crippen molar-refractivity contribution in [2.45, 2.75) is 37.6 Å². The standard InChI is InChI=1S/C14H17F3N4OS/c1-20-8-9(6-19-20)11(22)5-10-3-2-4-21(10)13-18-7-12(23-13)14(15,16)17/h6-8,10-11,22H,2-5H2,1H3/t10-,11+/m1/s1. The molecular weight excluding hydrogens is 329 g/mol. The summed E-state index contributed by atoms with van der Waals surface area (Å²) in [5.41, 5.74) is 0.717. The maximum absolute atomic E-state index is 12.7. The van der Waals surface area contributed by atoms with Crippen LogP contribution in [0.15, 0.2) is 18.6 Å². The van der Waals surface area contributed by atoms with E-state index in [1.165, 1.54) is 0 Å². The van der Waals surface area contributed by atoms with Crippen LogP contribution < -0.4 is 4.90 Å². The zero-order chi connectivity index (χ0) is 16.6. The van der Waals surface area contributed by atoms with Gasteiger partial charge in [0.05, 0.1) is 18.5 Å². The number of anilines is 1. The molecule has 0 aliphatic carbocycles.